The maximum atomic E-state index is 12.2. The van der Waals surface area contributed by atoms with Crippen LogP contribution in [-0.4, -0.2) is 37.4 Å². The average Bonchev–Trinajstić information content (AvgIpc) is 2.79. The molecule has 5 atom stereocenters. The second-order valence-corrected chi connectivity index (χ2v) is 10.6. The van der Waals surface area contributed by atoms with Crippen LogP contribution in [0.1, 0.15) is 63.9 Å². The molecule has 3 aliphatic carbocycles. The van der Waals surface area contributed by atoms with Crippen LogP contribution in [0.5, 0.6) is 0 Å². The van der Waals surface area contributed by atoms with Gasteiger partial charge >= 0.3 is 0 Å². The normalized spacial score (nSPS) is 35.5. The van der Waals surface area contributed by atoms with Crippen molar-refractivity contribution in [3.8, 4) is 11.8 Å². The number of rotatable bonds is 2. The quantitative estimate of drug-likeness (QED) is 0.652. The number of carbonyl (C=O) groups is 1. The number of aliphatic hydroxyl groups is 1. The molecule has 174 valence electrons. The fraction of sp³-hybridized carbons (Fsp3) is 0.552. The van der Waals surface area contributed by atoms with Crippen molar-refractivity contribution in [3.63, 3.8) is 0 Å². The van der Waals surface area contributed by atoms with Crippen molar-refractivity contribution < 1.29 is 14.6 Å². The van der Waals surface area contributed by atoms with Gasteiger partial charge in [0.05, 0.1) is 6.61 Å². The van der Waals surface area contributed by atoms with E-state index in [0.717, 1.165) is 32.1 Å². The number of carbonyl (C=O) groups excluding carboxylic acids is 1. The Hall–Kier alpha value is -2.35. The second kappa shape index (κ2) is 8.15. The minimum absolute atomic E-state index is 0.186. The van der Waals surface area contributed by atoms with Crippen LogP contribution < -0.4 is 4.90 Å². The van der Waals surface area contributed by atoms with Gasteiger partial charge in [0.1, 0.15) is 0 Å². The molecule has 1 aromatic rings. The Morgan fingerprint density at radius 3 is 2.58 bits per heavy atom. The van der Waals surface area contributed by atoms with Crippen molar-refractivity contribution in [2.45, 2.75) is 64.1 Å². The first-order valence-corrected chi connectivity index (χ1v) is 12.3. The zero-order chi connectivity index (χ0) is 23.4. The molecule has 1 heterocycles. The first-order valence-electron chi connectivity index (χ1n) is 12.3. The number of ketones is 1. The number of nitrogens with zero attached hydrogens (tertiary/aromatic N) is 1. The lowest BCUT2D eigenvalue weighted by molar-refractivity contribution is -0.285. The first kappa shape index (κ1) is 22.4. The summed E-state index contributed by atoms with van der Waals surface area (Å²) < 4.78 is 6.02. The Morgan fingerprint density at radius 2 is 1.88 bits per heavy atom. The smallest absolute Gasteiger partial charge is 0.236 e. The molecule has 5 rings (SSSR count). The largest absolute Gasteiger partial charge is 0.378 e. The van der Waals surface area contributed by atoms with E-state index in [0.29, 0.717) is 24.9 Å². The Kier molecular flexibility index (Phi) is 5.54. The molecule has 1 aliphatic heterocycles. The van der Waals surface area contributed by atoms with E-state index < -0.39 is 11.2 Å². The molecule has 1 N–H and O–H groups in total. The van der Waals surface area contributed by atoms with Gasteiger partial charge in [0, 0.05) is 37.5 Å². The van der Waals surface area contributed by atoms with Gasteiger partial charge in [-0.2, -0.15) is 0 Å². The van der Waals surface area contributed by atoms with Crippen LogP contribution in [0.3, 0.4) is 0 Å². The molecule has 0 aromatic heterocycles. The molecule has 4 nitrogen and oxygen atoms in total. The lowest BCUT2D eigenvalue weighted by Crippen LogP contribution is -2.60. The van der Waals surface area contributed by atoms with Gasteiger partial charge in [0.25, 0.3) is 0 Å². The Morgan fingerprint density at radius 1 is 1.12 bits per heavy atom. The molecule has 4 heteroatoms. The predicted octanol–water partition coefficient (Wildman–Crippen LogP) is 4.99. The number of hydrogen-bond acceptors (Lipinski definition) is 4. The van der Waals surface area contributed by atoms with Crippen LogP contribution in [0.4, 0.5) is 5.69 Å². The summed E-state index contributed by atoms with van der Waals surface area (Å²) in [4.78, 5) is 14.3. The second-order valence-electron chi connectivity index (χ2n) is 10.6. The first-order chi connectivity index (χ1) is 15.8. The van der Waals surface area contributed by atoms with Crippen molar-refractivity contribution in [1.82, 2.24) is 0 Å². The van der Waals surface area contributed by atoms with Crippen molar-refractivity contribution in [2.75, 3.05) is 25.6 Å². The summed E-state index contributed by atoms with van der Waals surface area (Å²) >= 11 is 0. The topological polar surface area (TPSA) is 49.8 Å². The van der Waals surface area contributed by atoms with E-state index in [4.69, 9.17) is 4.74 Å². The van der Waals surface area contributed by atoms with Gasteiger partial charge in [-0.25, -0.2) is 0 Å². The molecular formula is C29H35NO3. The average molecular weight is 446 g/mol. The van der Waals surface area contributed by atoms with E-state index in [1.807, 2.05) is 6.08 Å². The van der Waals surface area contributed by atoms with Crippen molar-refractivity contribution in [2.24, 2.45) is 17.3 Å². The molecule has 4 aliphatic rings. The number of ether oxygens (including phenoxy) is 1. The van der Waals surface area contributed by atoms with Crippen LogP contribution in [0.25, 0.3) is 0 Å². The molecule has 0 radical (unpaired) electrons. The van der Waals surface area contributed by atoms with Gasteiger partial charge in [-0.1, -0.05) is 24.6 Å². The number of hydrogen-bond donors (Lipinski definition) is 1. The third-order valence-corrected chi connectivity index (χ3v) is 8.74. The SMILES string of the molecule is CC#C[C@@]1(O)OCC[C@H]2[C@@H]3CCC4=CC(=O)CCC4=C3[C@@H](c3ccc(N(C)C)cc3)C[C@@]21C. The van der Waals surface area contributed by atoms with Gasteiger partial charge in [-0.15, -0.1) is 5.92 Å². The van der Waals surface area contributed by atoms with Gasteiger partial charge in [-0.05, 0) is 91.7 Å². The third-order valence-electron chi connectivity index (χ3n) is 8.74. The number of benzene rings is 1. The Labute approximate surface area is 197 Å². The van der Waals surface area contributed by atoms with Crippen molar-refractivity contribution in [3.05, 3.63) is 52.6 Å². The summed E-state index contributed by atoms with van der Waals surface area (Å²) in [7, 11) is 4.12. The number of anilines is 1. The molecule has 2 fully saturated rings. The van der Waals surface area contributed by atoms with E-state index in [2.05, 4.69) is 62.0 Å². The summed E-state index contributed by atoms with van der Waals surface area (Å²) in [6.45, 7) is 4.51. The zero-order valence-electron chi connectivity index (χ0n) is 20.3. The molecule has 1 saturated heterocycles. The summed E-state index contributed by atoms with van der Waals surface area (Å²) in [6.07, 6.45) is 7.08. The van der Waals surface area contributed by atoms with Crippen LogP contribution >= 0.6 is 0 Å². The fourth-order valence-corrected chi connectivity index (χ4v) is 7.08. The Balaban J connectivity index is 1.68. The maximum absolute atomic E-state index is 12.2. The lowest BCUT2D eigenvalue weighted by Gasteiger charge is -2.59. The monoisotopic (exact) mass is 445 g/mol. The van der Waals surface area contributed by atoms with Crippen molar-refractivity contribution >= 4 is 11.5 Å². The van der Waals surface area contributed by atoms with E-state index in [9.17, 15) is 9.90 Å². The molecular weight excluding hydrogens is 410 g/mol. The van der Waals surface area contributed by atoms with Gasteiger partial charge in [0.2, 0.25) is 5.79 Å². The summed E-state index contributed by atoms with van der Waals surface area (Å²) in [5, 5.41) is 11.7. The maximum Gasteiger partial charge on any atom is 0.236 e. The minimum Gasteiger partial charge on any atom is -0.378 e. The minimum atomic E-state index is -1.43. The van der Waals surface area contributed by atoms with Gasteiger partial charge < -0.3 is 14.7 Å². The Bertz CT molecular complexity index is 1090. The summed E-state index contributed by atoms with van der Waals surface area (Å²) in [5.41, 5.74) is 6.20. The van der Waals surface area contributed by atoms with Gasteiger partial charge in [-0.3, -0.25) is 4.79 Å². The summed E-state index contributed by atoms with van der Waals surface area (Å²) in [6, 6.07) is 8.86. The standard InChI is InChI=1S/C29H35NO3/c1-5-15-29(32)28(2)18-25(19-6-9-21(10-7-19)30(3)4)27-23-13-11-22(31)17-20(23)8-12-24(27)26(28)14-16-33-29/h6-7,9-10,17,24-26,32H,8,11-14,16,18H2,1-4H3/t24-,25+,26-,28-,29+/m0/s1. The van der Waals surface area contributed by atoms with Crippen molar-refractivity contribution in [1.29, 1.82) is 0 Å². The van der Waals surface area contributed by atoms with E-state index >= 15 is 0 Å². The van der Waals surface area contributed by atoms with Crippen LogP contribution in [0.15, 0.2) is 47.1 Å². The summed E-state index contributed by atoms with van der Waals surface area (Å²) in [5.74, 6) is 5.72. The van der Waals surface area contributed by atoms with Crippen LogP contribution in [0, 0.1) is 29.1 Å². The highest BCUT2D eigenvalue weighted by Crippen LogP contribution is 2.64. The van der Waals surface area contributed by atoms with Crippen LogP contribution in [-0.2, 0) is 9.53 Å². The van der Waals surface area contributed by atoms with E-state index in [-0.39, 0.29) is 11.7 Å². The molecule has 33 heavy (non-hydrogen) atoms. The predicted molar refractivity (Wildman–Crippen MR) is 131 cm³/mol. The number of allylic oxidation sites excluding steroid dienone is 4. The molecule has 0 bridgehead atoms. The lowest BCUT2D eigenvalue weighted by atomic mass is 9.49. The highest BCUT2D eigenvalue weighted by atomic mass is 16.6. The molecule has 0 unspecified atom stereocenters. The van der Waals surface area contributed by atoms with Crippen LogP contribution in [0.2, 0.25) is 0 Å². The van der Waals surface area contributed by atoms with Gasteiger partial charge in [0.15, 0.2) is 5.78 Å². The fourth-order valence-electron chi connectivity index (χ4n) is 7.08. The zero-order valence-corrected chi connectivity index (χ0v) is 20.3. The molecule has 1 aromatic carbocycles. The number of fused-ring (bicyclic) bond motifs is 4. The molecule has 0 spiro atoms. The third kappa shape index (κ3) is 3.49. The highest BCUT2D eigenvalue weighted by Gasteiger charge is 2.61. The molecule has 0 amide bonds. The highest BCUT2D eigenvalue weighted by molar-refractivity contribution is 5.93. The molecule has 1 saturated carbocycles. The van der Waals surface area contributed by atoms with E-state index in [1.54, 1.807) is 6.92 Å². The van der Waals surface area contributed by atoms with E-state index in [1.165, 1.54) is 28.0 Å².